The highest BCUT2D eigenvalue weighted by Gasteiger charge is 2.18. The Labute approximate surface area is 188 Å². The summed E-state index contributed by atoms with van der Waals surface area (Å²) < 4.78 is 11.7. The molecule has 2 heterocycles. The van der Waals surface area contributed by atoms with Crippen LogP contribution in [0.25, 0.3) is 11.3 Å². The minimum Gasteiger partial charge on any atom is -0.484 e. The van der Waals surface area contributed by atoms with Crippen LogP contribution < -0.4 is 10.2 Å². The molecule has 31 heavy (non-hydrogen) atoms. The molecule has 1 fully saturated rings. The molecule has 1 aliphatic rings. The summed E-state index contributed by atoms with van der Waals surface area (Å²) in [7, 11) is 0. The summed E-state index contributed by atoms with van der Waals surface area (Å²) in [5.41, 5.74) is 4.92. The van der Waals surface area contributed by atoms with E-state index in [1.165, 1.54) is 23.3 Å². The van der Waals surface area contributed by atoms with Gasteiger partial charge in [0.05, 0.1) is 22.4 Å². The van der Waals surface area contributed by atoms with Gasteiger partial charge in [-0.25, -0.2) is 5.43 Å². The number of nitriles is 1. The van der Waals surface area contributed by atoms with Crippen LogP contribution in [-0.2, 0) is 4.79 Å². The Morgan fingerprint density at radius 1 is 1.16 bits per heavy atom. The first kappa shape index (κ1) is 21.1. The minimum absolute atomic E-state index is 0.136. The van der Waals surface area contributed by atoms with Gasteiger partial charge < -0.3 is 9.15 Å². The first-order chi connectivity index (χ1) is 15.2. The van der Waals surface area contributed by atoms with E-state index in [1.807, 2.05) is 59.9 Å². The maximum absolute atomic E-state index is 12.0. The monoisotopic (exact) mass is 449 g/mol. The van der Waals surface area contributed by atoms with Gasteiger partial charge in [0.15, 0.2) is 6.61 Å². The third kappa shape index (κ3) is 5.51. The Morgan fingerprint density at radius 3 is 2.71 bits per heavy atom. The van der Waals surface area contributed by atoms with Crippen molar-refractivity contribution in [2.24, 2.45) is 5.10 Å². The fourth-order valence-electron chi connectivity index (χ4n) is 2.98. The van der Waals surface area contributed by atoms with Crippen molar-refractivity contribution in [2.45, 2.75) is 4.58 Å². The number of carbonyl (C=O) groups is 1. The summed E-state index contributed by atoms with van der Waals surface area (Å²) in [6, 6.07) is 20.7. The number of rotatable bonds is 7. The van der Waals surface area contributed by atoms with Crippen molar-refractivity contribution < 1.29 is 13.9 Å². The van der Waals surface area contributed by atoms with Crippen molar-refractivity contribution in [2.75, 3.05) is 18.1 Å². The molecule has 0 radical (unpaired) electrons. The molecule has 0 spiro atoms. The molecule has 2 aromatic carbocycles. The van der Waals surface area contributed by atoms with Crippen LogP contribution in [0.1, 0.15) is 21.5 Å². The van der Waals surface area contributed by atoms with Gasteiger partial charge in [-0.15, -0.1) is 23.5 Å². The molecule has 0 unspecified atom stereocenters. The first-order valence-electron chi connectivity index (χ1n) is 9.60. The van der Waals surface area contributed by atoms with Gasteiger partial charge in [0.25, 0.3) is 5.91 Å². The predicted octanol–water partition coefficient (Wildman–Crippen LogP) is 4.83. The lowest BCUT2D eigenvalue weighted by Crippen LogP contribution is -2.24. The Hall–Kier alpha value is -3.15. The molecule has 1 N–H and O–H groups in total. The molecule has 1 saturated heterocycles. The lowest BCUT2D eigenvalue weighted by molar-refractivity contribution is -0.123. The number of hydrazone groups is 1. The van der Waals surface area contributed by atoms with Crippen LogP contribution in [0.3, 0.4) is 0 Å². The third-order valence-electron chi connectivity index (χ3n) is 4.46. The van der Waals surface area contributed by atoms with Crippen LogP contribution >= 0.6 is 23.5 Å². The van der Waals surface area contributed by atoms with Crippen LogP contribution in [0.2, 0.25) is 0 Å². The highest BCUT2D eigenvalue weighted by Crippen LogP contribution is 2.45. The van der Waals surface area contributed by atoms with Crippen molar-refractivity contribution in [1.82, 2.24) is 5.43 Å². The van der Waals surface area contributed by atoms with Crippen molar-refractivity contribution >= 4 is 35.6 Å². The van der Waals surface area contributed by atoms with Crippen LogP contribution in [0.4, 0.5) is 0 Å². The average molecular weight is 450 g/mol. The molecule has 4 rings (SSSR count). The number of thioether (sulfide) groups is 2. The molecule has 0 aliphatic carbocycles. The number of nitrogens with one attached hydrogen (secondary N) is 1. The normalized spacial score (nSPS) is 13.9. The van der Waals surface area contributed by atoms with Crippen molar-refractivity contribution in [3.05, 3.63) is 77.6 Å². The number of benzene rings is 2. The molecule has 156 valence electrons. The molecule has 6 nitrogen and oxygen atoms in total. The first-order valence-corrected chi connectivity index (χ1v) is 11.7. The number of amides is 1. The van der Waals surface area contributed by atoms with Gasteiger partial charge in [-0.05, 0) is 42.0 Å². The topological polar surface area (TPSA) is 87.6 Å². The standard InChI is InChI=1S/C23H19N3O3S2/c24-13-17-3-1-2-4-20(17)21-10-9-19(29-21)14-25-26-22(27)15-28-18-7-5-16(6-8-18)23-30-11-12-31-23/h1-10,14,23H,11-12,15H2,(H,26,27)/b25-14-. The summed E-state index contributed by atoms with van der Waals surface area (Å²) in [6.07, 6.45) is 1.40. The van der Waals surface area contributed by atoms with E-state index >= 15 is 0 Å². The number of nitrogens with zero attached hydrogens (tertiary/aromatic N) is 2. The highest BCUT2D eigenvalue weighted by atomic mass is 32.2. The zero-order valence-corrected chi connectivity index (χ0v) is 18.1. The summed E-state index contributed by atoms with van der Waals surface area (Å²) in [6.45, 7) is -0.136. The minimum atomic E-state index is -0.371. The average Bonchev–Trinajstić information content (AvgIpc) is 3.51. The van der Waals surface area contributed by atoms with E-state index in [9.17, 15) is 10.1 Å². The number of carbonyl (C=O) groups excluding carboxylic acids is 1. The second-order valence-electron chi connectivity index (χ2n) is 6.58. The molecule has 8 heteroatoms. The van der Waals surface area contributed by atoms with Crippen LogP contribution in [0.5, 0.6) is 5.75 Å². The van der Waals surface area contributed by atoms with E-state index in [-0.39, 0.29) is 12.5 Å². The Balaban J connectivity index is 1.26. The largest absolute Gasteiger partial charge is 0.484 e. The maximum atomic E-state index is 12.0. The van der Waals surface area contributed by atoms with Gasteiger partial charge >= 0.3 is 0 Å². The molecular weight excluding hydrogens is 430 g/mol. The van der Waals surface area contributed by atoms with Gasteiger partial charge in [-0.1, -0.05) is 24.3 Å². The summed E-state index contributed by atoms with van der Waals surface area (Å²) >= 11 is 3.90. The molecular formula is C23H19N3O3S2. The van der Waals surface area contributed by atoms with E-state index in [0.29, 0.717) is 33.0 Å². The molecule has 0 bridgehead atoms. The number of furan rings is 1. The maximum Gasteiger partial charge on any atom is 0.277 e. The predicted molar refractivity (Wildman–Crippen MR) is 124 cm³/mol. The third-order valence-corrected chi connectivity index (χ3v) is 7.57. The van der Waals surface area contributed by atoms with Crippen molar-refractivity contribution in [3.8, 4) is 23.1 Å². The van der Waals surface area contributed by atoms with Crippen LogP contribution in [0, 0.1) is 11.3 Å². The van der Waals surface area contributed by atoms with E-state index in [4.69, 9.17) is 9.15 Å². The number of ether oxygens (including phenoxy) is 1. The lowest BCUT2D eigenvalue weighted by Gasteiger charge is -2.09. The highest BCUT2D eigenvalue weighted by molar-refractivity contribution is 8.19. The fourth-order valence-corrected chi connectivity index (χ4v) is 5.84. The molecule has 0 atom stereocenters. The van der Waals surface area contributed by atoms with Crippen LogP contribution in [-0.4, -0.2) is 30.2 Å². The molecule has 1 aromatic heterocycles. The SMILES string of the molecule is N#Cc1ccccc1-c1ccc(/C=N\NC(=O)COc2ccc(C3SCCS3)cc2)o1. The number of hydrogen-bond acceptors (Lipinski definition) is 7. The molecule has 3 aromatic rings. The Morgan fingerprint density at radius 2 is 1.94 bits per heavy atom. The number of hydrogen-bond donors (Lipinski definition) is 1. The Kier molecular flexibility index (Phi) is 6.97. The smallest absolute Gasteiger partial charge is 0.277 e. The molecule has 1 aliphatic heterocycles. The second-order valence-corrected chi connectivity index (χ2v) is 9.31. The van der Waals surface area contributed by atoms with E-state index in [1.54, 1.807) is 24.3 Å². The van der Waals surface area contributed by atoms with Gasteiger partial charge in [0.2, 0.25) is 0 Å². The summed E-state index contributed by atoms with van der Waals surface area (Å²) in [5.74, 6) is 3.65. The quantitative estimate of drug-likeness (QED) is 0.411. The van der Waals surface area contributed by atoms with Gasteiger partial charge in [-0.2, -0.15) is 10.4 Å². The Bertz CT molecular complexity index is 1110. The second kappa shape index (κ2) is 10.2. The van der Waals surface area contributed by atoms with Gasteiger partial charge in [0, 0.05) is 17.1 Å². The lowest BCUT2D eigenvalue weighted by atomic mass is 10.1. The molecule has 1 amide bonds. The van der Waals surface area contributed by atoms with Gasteiger partial charge in [-0.3, -0.25) is 4.79 Å². The zero-order chi connectivity index (χ0) is 21.5. The van der Waals surface area contributed by atoms with E-state index in [2.05, 4.69) is 16.6 Å². The van der Waals surface area contributed by atoms with Crippen LogP contribution in [0.15, 0.2) is 70.2 Å². The van der Waals surface area contributed by atoms with E-state index in [0.717, 1.165) is 0 Å². The van der Waals surface area contributed by atoms with Gasteiger partial charge in [0.1, 0.15) is 17.3 Å². The zero-order valence-electron chi connectivity index (χ0n) is 16.5. The summed E-state index contributed by atoms with van der Waals surface area (Å²) in [5, 5.41) is 13.1. The van der Waals surface area contributed by atoms with Crippen molar-refractivity contribution in [3.63, 3.8) is 0 Å². The fraction of sp³-hybridized carbons (Fsp3) is 0.174. The van der Waals surface area contributed by atoms with Crippen molar-refractivity contribution in [1.29, 1.82) is 5.26 Å². The van der Waals surface area contributed by atoms with E-state index < -0.39 is 0 Å². The molecule has 0 saturated carbocycles. The summed E-state index contributed by atoms with van der Waals surface area (Å²) in [4.78, 5) is 12.0.